The van der Waals surface area contributed by atoms with E-state index in [1.54, 1.807) is 24.3 Å². The summed E-state index contributed by atoms with van der Waals surface area (Å²) >= 11 is 0. The average Bonchev–Trinajstić information content (AvgIpc) is 3.06. The molecule has 0 radical (unpaired) electrons. The molecule has 0 aliphatic heterocycles. The highest BCUT2D eigenvalue weighted by Gasteiger charge is 2.23. The zero-order valence-corrected chi connectivity index (χ0v) is 14.1. The fourth-order valence-electron chi connectivity index (χ4n) is 3.01. The van der Waals surface area contributed by atoms with Gasteiger partial charge in [-0.25, -0.2) is 18.1 Å². The Balaban J connectivity index is 1.74. The van der Waals surface area contributed by atoms with Crippen LogP contribution in [0.2, 0.25) is 0 Å². The van der Waals surface area contributed by atoms with Crippen molar-refractivity contribution in [2.75, 3.05) is 0 Å². The molecular weight excluding hydrogens is 356 g/mol. The highest BCUT2D eigenvalue weighted by molar-refractivity contribution is 5.97. The van der Waals surface area contributed by atoms with Crippen molar-refractivity contribution < 1.29 is 18.3 Å². The molecule has 1 N–H and O–H groups in total. The van der Waals surface area contributed by atoms with Crippen LogP contribution in [0.25, 0.3) is 16.6 Å². The van der Waals surface area contributed by atoms with E-state index in [2.05, 4.69) is 10.1 Å². The molecule has 0 amide bonds. The minimum Gasteiger partial charge on any atom is -0.454 e. The summed E-state index contributed by atoms with van der Waals surface area (Å²) in [5, 5.41) is 4.53. The number of carbonyl (C=O) groups is 1. The normalized spacial score (nSPS) is 12.4. The summed E-state index contributed by atoms with van der Waals surface area (Å²) in [5.74, 6) is -2.48. The number of nitrogens with one attached hydrogen (secondary N) is 1. The van der Waals surface area contributed by atoms with Crippen LogP contribution in [0.3, 0.4) is 0 Å². The number of para-hydroxylation sites is 1. The van der Waals surface area contributed by atoms with Gasteiger partial charge in [0.15, 0.2) is 5.65 Å². The van der Waals surface area contributed by atoms with E-state index in [9.17, 15) is 18.4 Å². The minimum absolute atomic E-state index is 0.0125. The quantitative estimate of drug-likeness (QED) is 0.562. The van der Waals surface area contributed by atoms with Crippen molar-refractivity contribution in [3.05, 3.63) is 81.8 Å². The third-order valence-corrected chi connectivity index (χ3v) is 4.29. The van der Waals surface area contributed by atoms with Gasteiger partial charge in [-0.05, 0) is 31.2 Å². The molecule has 0 spiro atoms. The molecule has 2 aromatic carbocycles. The molecule has 0 aliphatic rings. The molecule has 2 aromatic heterocycles. The Kier molecular flexibility index (Phi) is 3.95. The number of hydrogen-bond acceptors (Lipinski definition) is 4. The number of halogens is 2. The Morgan fingerprint density at radius 2 is 1.85 bits per heavy atom. The maximum atomic E-state index is 13.9. The van der Waals surface area contributed by atoms with E-state index in [4.69, 9.17) is 4.74 Å². The largest absolute Gasteiger partial charge is 0.454 e. The Hall–Kier alpha value is -3.55. The van der Waals surface area contributed by atoms with Gasteiger partial charge in [0.1, 0.15) is 23.3 Å². The lowest BCUT2D eigenvalue weighted by Crippen LogP contribution is -2.14. The van der Waals surface area contributed by atoms with Crippen LogP contribution in [0.4, 0.5) is 8.78 Å². The third-order valence-electron chi connectivity index (χ3n) is 4.29. The lowest BCUT2D eigenvalue weighted by molar-refractivity contribution is 0.0326. The van der Waals surface area contributed by atoms with Gasteiger partial charge in [0, 0.05) is 0 Å². The smallest absolute Gasteiger partial charge is 0.344 e. The van der Waals surface area contributed by atoms with Crippen molar-refractivity contribution in [2.24, 2.45) is 0 Å². The van der Waals surface area contributed by atoms with Crippen molar-refractivity contribution >= 4 is 22.5 Å². The van der Waals surface area contributed by atoms with Crippen molar-refractivity contribution in [1.82, 2.24) is 14.6 Å². The zero-order valence-electron chi connectivity index (χ0n) is 14.1. The van der Waals surface area contributed by atoms with Crippen LogP contribution < -0.4 is 5.56 Å². The molecule has 1 atom stereocenters. The summed E-state index contributed by atoms with van der Waals surface area (Å²) in [7, 11) is 0. The van der Waals surface area contributed by atoms with Crippen molar-refractivity contribution in [3.8, 4) is 0 Å². The van der Waals surface area contributed by atoms with Gasteiger partial charge in [0.25, 0.3) is 5.56 Å². The van der Waals surface area contributed by atoms with Crippen LogP contribution in [-0.4, -0.2) is 20.6 Å². The average molecular weight is 369 g/mol. The number of nitrogens with zero attached hydrogens (tertiary/aromatic N) is 2. The molecule has 4 rings (SSSR count). The second-order valence-electron chi connectivity index (χ2n) is 5.97. The number of esters is 1. The van der Waals surface area contributed by atoms with Crippen LogP contribution in [-0.2, 0) is 4.74 Å². The lowest BCUT2D eigenvalue weighted by Gasteiger charge is -2.14. The number of H-pyrrole nitrogens is 1. The first-order chi connectivity index (χ1) is 13.0. The number of benzene rings is 2. The SMILES string of the molecule is CC(OC(=O)c1cnn2c1[nH]c(=O)c1ccccc12)c1c(F)cccc1F. The molecule has 0 fully saturated rings. The van der Waals surface area contributed by atoms with Gasteiger partial charge in [-0.15, -0.1) is 0 Å². The minimum atomic E-state index is -1.17. The molecule has 1 unspecified atom stereocenters. The molecular formula is C19H13F2N3O3. The monoisotopic (exact) mass is 369 g/mol. The highest BCUT2D eigenvalue weighted by atomic mass is 19.1. The number of carbonyl (C=O) groups excluding carboxylic acids is 1. The fourth-order valence-corrected chi connectivity index (χ4v) is 3.01. The van der Waals surface area contributed by atoms with E-state index >= 15 is 0 Å². The molecule has 4 aromatic rings. The van der Waals surface area contributed by atoms with E-state index in [-0.39, 0.29) is 22.3 Å². The van der Waals surface area contributed by atoms with Gasteiger partial charge in [-0.3, -0.25) is 4.79 Å². The number of aromatic amines is 1. The predicted molar refractivity (Wildman–Crippen MR) is 93.5 cm³/mol. The summed E-state index contributed by atoms with van der Waals surface area (Å²) < 4.78 is 34.4. The van der Waals surface area contributed by atoms with Gasteiger partial charge in [0.2, 0.25) is 0 Å². The topological polar surface area (TPSA) is 76.5 Å². The van der Waals surface area contributed by atoms with Crippen LogP contribution in [0.5, 0.6) is 0 Å². The maximum absolute atomic E-state index is 13.9. The maximum Gasteiger partial charge on any atom is 0.344 e. The van der Waals surface area contributed by atoms with Crippen LogP contribution in [0, 0.1) is 11.6 Å². The number of rotatable bonds is 3. The van der Waals surface area contributed by atoms with Crippen LogP contribution in [0.1, 0.15) is 28.9 Å². The Labute approximate surface area is 151 Å². The van der Waals surface area contributed by atoms with Crippen molar-refractivity contribution in [2.45, 2.75) is 13.0 Å². The summed E-state index contributed by atoms with van der Waals surface area (Å²) in [6, 6.07) is 10.2. The van der Waals surface area contributed by atoms with Crippen molar-refractivity contribution in [1.29, 1.82) is 0 Å². The van der Waals surface area contributed by atoms with E-state index < -0.39 is 23.7 Å². The van der Waals surface area contributed by atoms with E-state index in [1.165, 1.54) is 23.7 Å². The molecule has 0 saturated carbocycles. The molecule has 0 aliphatic carbocycles. The lowest BCUT2D eigenvalue weighted by atomic mass is 10.1. The summed E-state index contributed by atoms with van der Waals surface area (Å²) in [4.78, 5) is 27.4. The second-order valence-corrected chi connectivity index (χ2v) is 5.97. The Morgan fingerprint density at radius 1 is 1.15 bits per heavy atom. The molecule has 136 valence electrons. The molecule has 8 heteroatoms. The number of ether oxygens (including phenoxy) is 1. The summed E-state index contributed by atoms with van der Waals surface area (Å²) in [6.45, 7) is 1.36. The van der Waals surface area contributed by atoms with E-state index in [0.29, 0.717) is 10.9 Å². The first kappa shape index (κ1) is 16.9. The van der Waals surface area contributed by atoms with Crippen LogP contribution in [0.15, 0.2) is 53.5 Å². The number of aromatic nitrogens is 3. The third kappa shape index (κ3) is 2.75. The first-order valence-electron chi connectivity index (χ1n) is 8.11. The van der Waals surface area contributed by atoms with Gasteiger partial charge in [-0.2, -0.15) is 5.10 Å². The summed E-state index contributed by atoms with van der Waals surface area (Å²) in [5.41, 5.74) is -0.0861. The zero-order chi connectivity index (χ0) is 19.1. The van der Waals surface area contributed by atoms with Gasteiger partial charge in [0.05, 0.1) is 22.7 Å². The molecule has 0 saturated heterocycles. The van der Waals surface area contributed by atoms with Gasteiger partial charge >= 0.3 is 5.97 Å². The molecule has 6 nitrogen and oxygen atoms in total. The highest BCUT2D eigenvalue weighted by Crippen LogP contribution is 2.25. The molecule has 27 heavy (non-hydrogen) atoms. The Bertz CT molecular complexity index is 1230. The standard InChI is InChI=1S/C19H13F2N3O3/c1-10(16-13(20)6-4-7-14(16)21)27-19(26)12-9-22-24-15-8-3-2-5-11(15)18(25)23-17(12)24/h2-10H,1H3,(H,23,25). The van der Waals surface area contributed by atoms with Crippen LogP contribution >= 0.6 is 0 Å². The first-order valence-corrected chi connectivity index (χ1v) is 8.11. The second kappa shape index (κ2) is 6.31. The molecule has 0 bridgehead atoms. The Morgan fingerprint density at radius 3 is 2.59 bits per heavy atom. The van der Waals surface area contributed by atoms with Gasteiger partial charge in [-0.1, -0.05) is 18.2 Å². The molecule has 2 heterocycles. The summed E-state index contributed by atoms with van der Waals surface area (Å²) in [6.07, 6.45) is 0.0747. The fraction of sp³-hybridized carbons (Fsp3) is 0.105. The predicted octanol–water partition coefficient (Wildman–Crippen LogP) is 3.37. The van der Waals surface area contributed by atoms with Crippen molar-refractivity contribution in [3.63, 3.8) is 0 Å². The number of hydrogen-bond donors (Lipinski definition) is 1. The van der Waals surface area contributed by atoms with E-state index in [1.807, 2.05) is 0 Å². The number of fused-ring (bicyclic) bond motifs is 3. The van der Waals surface area contributed by atoms with E-state index in [0.717, 1.165) is 12.1 Å². The van der Waals surface area contributed by atoms with Gasteiger partial charge < -0.3 is 9.72 Å².